The van der Waals surface area contributed by atoms with E-state index in [1.54, 1.807) is 30.3 Å². The SMILES string of the molecule is CS(=O)(=O)c1ccccc1NC(=O)COC(=O)c1ccccc1OCCOc1ccccc1. The van der Waals surface area contributed by atoms with Crippen molar-refractivity contribution < 1.29 is 32.2 Å². The molecular weight excluding hydrogens is 446 g/mol. The Morgan fingerprint density at radius 2 is 1.45 bits per heavy atom. The van der Waals surface area contributed by atoms with Crippen LogP contribution in [0.15, 0.2) is 83.8 Å². The summed E-state index contributed by atoms with van der Waals surface area (Å²) in [5.41, 5.74) is 0.268. The summed E-state index contributed by atoms with van der Waals surface area (Å²) >= 11 is 0. The standard InChI is InChI=1S/C24H23NO7S/c1-33(28,29)22-14-8-6-12-20(22)25-23(26)17-32-24(27)19-11-5-7-13-21(19)31-16-15-30-18-9-3-2-4-10-18/h2-14H,15-17H2,1H3,(H,25,26). The van der Waals surface area contributed by atoms with E-state index in [9.17, 15) is 18.0 Å². The average Bonchev–Trinajstić information content (AvgIpc) is 2.81. The number of hydrogen-bond acceptors (Lipinski definition) is 7. The number of rotatable bonds is 10. The van der Waals surface area contributed by atoms with Gasteiger partial charge in [0.05, 0.1) is 10.6 Å². The lowest BCUT2D eigenvalue weighted by molar-refractivity contribution is -0.119. The van der Waals surface area contributed by atoms with E-state index < -0.39 is 28.3 Å². The van der Waals surface area contributed by atoms with Crippen molar-refractivity contribution in [1.82, 2.24) is 0 Å². The van der Waals surface area contributed by atoms with Crippen LogP contribution in [0.5, 0.6) is 11.5 Å². The van der Waals surface area contributed by atoms with Crippen LogP contribution in [0.1, 0.15) is 10.4 Å². The van der Waals surface area contributed by atoms with Gasteiger partial charge in [-0.3, -0.25) is 4.79 Å². The first kappa shape index (κ1) is 23.8. The lowest BCUT2D eigenvalue weighted by Crippen LogP contribution is -2.22. The molecule has 3 aromatic rings. The molecule has 0 saturated carbocycles. The van der Waals surface area contributed by atoms with Crippen LogP contribution in [0.4, 0.5) is 5.69 Å². The van der Waals surface area contributed by atoms with E-state index in [-0.39, 0.29) is 29.4 Å². The molecule has 0 aliphatic carbocycles. The highest BCUT2D eigenvalue weighted by Gasteiger charge is 2.18. The maximum atomic E-state index is 12.5. The molecule has 0 bridgehead atoms. The highest BCUT2D eigenvalue weighted by atomic mass is 32.2. The van der Waals surface area contributed by atoms with Gasteiger partial charge in [-0.15, -0.1) is 0 Å². The number of sulfone groups is 1. The maximum Gasteiger partial charge on any atom is 0.342 e. The molecule has 1 N–H and O–H groups in total. The van der Waals surface area contributed by atoms with E-state index in [1.165, 1.54) is 18.2 Å². The summed E-state index contributed by atoms with van der Waals surface area (Å²) in [6.07, 6.45) is 1.04. The van der Waals surface area contributed by atoms with Gasteiger partial charge >= 0.3 is 5.97 Å². The molecule has 0 aromatic heterocycles. The summed E-state index contributed by atoms with van der Waals surface area (Å²) in [4.78, 5) is 24.7. The Kier molecular flexibility index (Phi) is 8.04. The molecule has 0 atom stereocenters. The van der Waals surface area contributed by atoms with E-state index in [0.29, 0.717) is 11.5 Å². The lowest BCUT2D eigenvalue weighted by atomic mass is 10.2. The molecule has 0 spiro atoms. The van der Waals surface area contributed by atoms with E-state index in [1.807, 2.05) is 30.3 Å². The van der Waals surface area contributed by atoms with Crippen molar-refractivity contribution in [3.63, 3.8) is 0 Å². The normalized spacial score (nSPS) is 10.8. The number of benzene rings is 3. The molecule has 0 heterocycles. The van der Waals surface area contributed by atoms with Crippen LogP contribution in [0.2, 0.25) is 0 Å². The summed E-state index contributed by atoms with van der Waals surface area (Å²) in [6, 6.07) is 21.7. The first-order valence-corrected chi connectivity index (χ1v) is 11.9. The molecule has 0 unspecified atom stereocenters. The van der Waals surface area contributed by atoms with Crippen molar-refractivity contribution in [2.45, 2.75) is 4.90 Å². The predicted molar refractivity (Wildman–Crippen MR) is 122 cm³/mol. The van der Waals surface area contributed by atoms with Crippen molar-refractivity contribution in [3.8, 4) is 11.5 Å². The van der Waals surface area contributed by atoms with Gasteiger partial charge in [-0.1, -0.05) is 42.5 Å². The van der Waals surface area contributed by atoms with Crippen molar-refractivity contribution in [1.29, 1.82) is 0 Å². The summed E-state index contributed by atoms with van der Waals surface area (Å²) in [7, 11) is -3.54. The van der Waals surface area contributed by atoms with Crippen LogP contribution in [-0.4, -0.2) is 46.4 Å². The first-order valence-electron chi connectivity index (χ1n) is 10.0. The quantitative estimate of drug-likeness (QED) is 0.358. The van der Waals surface area contributed by atoms with Crippen molar-refractivity contribution >= 4 is 27.4 Å². The number of carbonyl (C=O) groups excluding carboxylic acids is 2. The summed E-state index contributed by atoms with van der Waals surface area (Å²) in [5, 5.41) is 2.45. The van der Waals surface area contributed by atoms with Gasteiger partial charge < -0.3 is 19.5 Å². The Morgan fingerprint density at radius 3 is 2.21 bits per heavy atom. The van der Waals surface area contributed by atoms with Crippen LogP contribution < -0.4 is 14.8 Å². The zero-order valence-electron chi connectivity index (χ0n) is 17.9. The topological polar surface area (TPSA) is 108 Å². The highest BCUT2D eigenvalue weighted by Crippen LogP contribution is 2.21. The third kappa shape index (κ3) is 7.08. The first-order chi connectivity index (χ1) is 15.8. The smallest absolute Gasteiger partial charge is 0.342 e. The molecule has 1 amide bonds. The number of para-hydroxylation sites is 3. The third-order valence-electron chi connectivity index (χ3n) is 4.35. The Hall–Kier alpha value is -3.85. The van der Waals surface area contributed by atoms with E-state index in [2.05, 4.69) is 5.32 Å². The molecule has 0 aliphatic heterocycles. The van der Waals surface area contributed by atoms with Crippen LogP contribution >= 0.6 is 0 Å². The maximum absolute atomic E-state index is 12.5. The molecule has 172 valence electrons. The number of hydrogen-bond donors (Lipinski definition) is 1. The van der Waals surface area contributed by atoms with Crippen LogP contribution in [0.3, 0.4) is 0 Å². The van der Waals surface area contributed by atoms with Gasteiger partial charge in [-0.25, -0.2) is 13.2 Å². The Bertz CT molecular complexity index is 1210. The number of anilines is 1. The van der Waals surface area contributed by atoms with Gasteiger partial charge in [0.25, 0.3) is 5.91 Å². The number of esters is 1. The van der Waals surface area contributed by atoms with Gasteiger partial charge in [-0.05, 0) is 36.4 Å². The number of ether oxygens (including phenoxy) is 3. The van der Waals surface area contributed by atoms with E-state index in [4.69, 9.17) is 14.2 Å². The fourth-order valence-electron chi connectivity index (χ4n) is 2.88. The zero-order chi connectivity index (χ0) is 23.7. The summed E-state index contributed by atoms with van der Waals surface area (Å²) in [5.74, 6) is -0.422. The lowest BCUT2D eigenvalue weighted by Gasteiger charge is -2.12. The van der Waals surface area contributed by atoms with Crippen molar-refractivity contribution in [2.75, 3.05) is 31.4 Å². The van der Waals surface area contributed by atoms with E-state index >= 15 is 0 Å². The van der Waals surface area contributed by atoms with Gasteiger partial charge in [0.1, 0.15) is 30.3 Å². The second-order valence-electron chi connectivity index (χ2n) is 6.90. The summed E-state index contributed by atoms with van der Waals surface area (Å²) in [6.45, 7) is -0.125. The number of nitrogens with one attached hydrogen (secondary N) is 1. The Balaban J connectivity index is 1.54. The molecule has 3 aromatic carbocycles. The Labute approximate surface area is 192 Å². The molecule has 0 fully saturated rings. The molecule has 33 heavy (non-hydrogen) atoms. The molecule has 3 rings (SSSR count). The summed E-state index contributed by atoms with van der Waals surface area (Å²) < 4.78 is 40.0. The molecule has 0 aliphatic rings. The second-order valence-corrected chi connectivity index (χ2v) is 8.88. The van der Waals surface area contributed by atoms with Crippen LogP contribution in [0, 0.1) is 0 Å². The van der Waals surface area contributed by atoms with E-state index in [0.717, 1.165) is 6.26 Å². The Morgan fingerprint density at radius 1 is 0.818 bits per heavy atom. The third-order valence-corrected chi connectivity index (χ3v) is 5.51. The van der Waals surface area contributed by atoms with Crippen LogP contribution in [0.25, 0.3) is 0 Å². The zero-order valence-corrected chi connectivity index (χ0v) is 18.7. The molecule has 9 heteroatoms. The highest BCUT2D eigenvalue weighted by molar-refractivity contribution is 7.90. The molecule has 0 radical (unpaired) electrons. The van der Waals surface area contributed by atoms with Gasteiger partial charge in [-0.2, -0.15) is 0 Å². The minimum absolute atomic E-state index is 0.0267. The second kappa shape index (κ2) is 11.1. The minimum atomic E-state index is -3.54. The number of amides is 1. The van der Waals surface area contributed by atoms with Gasteiger partial charge in [0, 0.05) is 6.26 Å². The predicted octanol–water partition coefficient (Wildman–Crippen LogP) is 3.34. The minimum Gasteiger partial charge on any atom is -0.490 e. The van der Waals surface area contributed by atoms with Gasteiger partial charge in [0.15, 0.2) is 16.4 Å². The largest absolute Gasteiger partial charge is 0.490 e. The monoisotopic (exact) mass is 469 g/mol. The average molecular weight is 470 g/mol. The fourth-order valence-corrected chi connectivity index (χ4v) is 3.72. The van der Waals surface area contributed by atoms with Crippen molar-refractivity contribution in [3.05, 3.63) is 84.4 Å². The molecular formula is C24H23NO7S. The fraction of sp³-hybridized carbons (Fsp3) is 0.167. The van der Waals surface area contributed by atoms with Gasteiger partial charge in [0.2, 0.25) is 0 Å². The van der Waals surface area contributed by atoms with Crippen molar-refractivity contribution in [2.24, 2.45) is 0 Å². The molecule has 8 nitrogen and oxygen atoms in total. The van der Waals surface area contributed by atoms with Crippen LogP contribution in [-0.2, 0) is 19.4 Å². The number of carbonyl (C=O) groups is 2. The molecule has 0 saturated heterocycles.